The molecule has 1 heterocycles. The second kappa shape index (κ2) is 22.1. The van der Waals surface area contributed by atoms with Gasteiger partial charge in [0.15, 0.2) is 0 Å². The summed E-state index contributed by atoms with van der Waals surface area (Å²) in [6.07, 6.45) is 0. The Morgan fingerprint density at radius 3 is 0.817 bits per heavy atom. The number of benzene rings is 13. The fourth-order valence-electron chi connectivity index (χ4n) is 11.4. The molecule has 0 N–H and O–H groups in total. The first-order valence-electron chi connectivity index (χ1n) is 27.9. The van der Waals surface area contributed by atoms with Crippen LogP contribution < -0.4 is 14.7 Å². The van der Waals surface area contributed by atoms with Crippen LogP contribution in [0.5, 0.6) is 0 Å². The maximum absolute atomic E-state index is 6.55. The van der Waals surface area contributed by atoms with E-state index >= 15 is 0 Å². The number of hydrogen-bond donors (Lipinski definition) is 0. The molecule has 4 heteroatoms. The molecule has 388 valence electrons. The molecule has 0 amide bonds. The zero-order valence-corrected chi connectivity index (χ0v) is 45.0. The zero-order valence-electron chi connectivity index (χ0n) is 45.0. The summed E-state index contributed by atoms with van der Waals surface area (Å²) in [5, 5.41) is 2.23. The van der Waals surface area contributed by atoms with Gasteiger partial charge in [0.05, 0.1) is 17.1 Å². The Balaban J connectivity index is 0.918. The second-order valence-electron chi connectivity index (χ2n) is 20.5. The third kappa shape index (κ3) is 9.87. The average molecular weight is 1050 g/mol. The SMILES string of the molecule is c1ccc(-c2ccc(-c3ccc(N(c4ccccc4)c4cc(N(c5ccccc5)c5ccc(-c6ccc(-c7ccccc7)cc6)cc5)cc(N(c5ccccc5)c5ccc(-c6cccc7c6oc6ccccc67)cc5)c4)cc3)cc2)cc1. The Labute approximate surface area is 478 Å². The Morgan fingerprint density at radius 2 is 0.451 bits per heavy atom. The monoisotopic (exact) mass is 1050 g/mol. The third-order valence-electron chi connectivity index (χ3n) is 15.4. The highest BCUT2D eigenvalue weighted by Gasteiger charge is 2.23. The molecule has 14 rings (SSSR count). The summed E-state index contributed by atoms with van der Waals surface area (Å²) < 4.78 is 6.55. The first kappa shape index (κ1) is 49.4. The van der Waals surface area contributed by atoms with Gasteiger partial charge in [0, 0.05) is 50.5 Å². The van der Waals surface area contributed by atoms with Gasteiger partial charge in [0.1, 0.15) is 11.2 Å². The molecule has 0 aliphatic rings. The van der Waals surface area contributed by atoms with E-state index in [0.717, 1.165) is 107 Å². The number of rotatable bonds is 14. The quantitative estimate of drug-likeness (QED) is 0.108. The van der Waals surface area contributed by atoms with Gasteiger partial charge in [-0.05, 0) is 147 Å². The lowest BCUT2D eigenvalue weighted by Gasteiger charge is -2.33. The summed E-state index contributed by atoms with van der Waals surface area (Å²) in [6, 6.07) is 119. The highest BCUT2D eigenvalue weighted by Crippen LogP contribution is 2.47. The molecule has 0 spiro atoms. The van der Waals surface area contributed by atoms with Crippen LogP contribution in [0, 0.1) is 0 Å². The van der Waals surface area contributed by atoms with Gasteiger partial charge in [-0.15, -0.1) is 0 Å². The highest BCUT2D eigenvalue weighted by atomic mass is 16.3. The molecule has 0 bridgehead atoms. The molecule has 0 saturated carbocycles. The van der Waals surface area contributed by atoms with E-state index in [1.54, 1.807) is 0 Å². The van der Waals surface area contributed by atoms with E-state index in [9.17, 15) is 0 Å². The smallest absolute Gasteiger partial charge is 0.143 e. The van der Waals surface area contributed by atoms with Gasteiger partial charge in [-0.3, -0.25) is 0 Å². The van der Waals surface area contributed by atoms with Crippen molar-refractivity contribution in [1.29, 1.82) is 0 Å². The van der Waals surface area contributed by atoms with Crippen molar-refractivity contribution in [3.05, 3.63) is 334 Å². The van der Waals surface area contributed by atoms with E-state index < -0.39 is 0 Å². The van der Waals surface area contributed by atoms with Crippen LogP contribution in [0.25, 0.3) is 77.6 Å². The fourth-order valence-corrected chi connectivity index (χ4v) is 11.4. The lowest BCUT2D eigenvalue weighted by molar-refractivity contribution is 0.670. The fraction of sp³-hybridized carbons (Fsp3) is 0. The number of furan rings is 1. The molecule has 0 saturated heterocycles. The van der Waals surface area contributed by atoms with E-state index in [4.69, 9.17) is 4.42 Å². The molecule has 1 aromatic heterocycles. The zero-order chi connectivity index (χ0) is 54.6. The first-order valence-corrected chi connectivity index (χ1v) is 27.9. The van der Waals surface area contributed by atoms with Crippen LogP contribution in [0.15, 0.2) is 338 Å². The summed E-state index contributed by atoms with van der Waals surface area (Å²) in [6.45, 7) is 0. The average Bonchev–Trinajstić information content (AvgIpc) is 4.08. The molecule has 0 fully saturated rings. The molecule has 0 radical (unpaired) electrons. The van der Waals surface area contributed by atoms with Crippen molar-refractivity contribution < 1.29 is 4.42 Å². The van der Waals surface area contributed by atoms with Crippen LogP contribution >= 0.6 is 0 Å². The van der Waals surface area contributed by atoms with E-state index in [-0.39, 0.29) is 0 Å². The van der Waals surface area contributed by atoms with Crippen molar-refractivity contribution in [3.63, 3.8) is 0 Å². The van der Waals surface area contributed by atoms with Gasteiger partial charge in [-0.25, -0.2) is 0 Å². The van der Waals surface area contributed by atoms with Gasteiger partial charge in [-0.2, -0.15) is 0 Å². The van der Waals surface area contributed by atoms with Crippen molar-refractivity contribution in [2.24, 2.45) is 0 Å². The van der Waals surface area contributed by atoms with Crippen LogP contribution in [0.4, 0.5) is 51.2 Å². The van der Waals surface area contributed by atoms with Crippen LogP contribution in [0.1, 0.15) is 0 Å². The lowest BCUT2D eigenvalue weighted by Crippen LogP contribution is -2.16. The molecule has 0 atom stereocenters. The number of fused-ring (bicyclic) bond motifs is 3. The van der Waals surface area contributed by atoms with Gasteiger partial charge in [-0.1, -0.05) is 237 Å². The molecule has 0 aliphatic carbocycles. The minimum absolute atomic E-state index is 0.885. The molecule has 4 nitrogen and oxygen atoms in total. The van der Waals surface area contributed by atoms with Crippen molar-refractivity contribution >= 4 is 73.1 Å². The molecule has 13 aromatic carbocycles. The highest BCUT2D eigenvalue weighted by molar-refractivity contribution is 6.09. The third-order valence-corrected chi connectivity index (χ3v) is 15.4. The van der Waals surface area contributed by atoms with Crippen molar-refractivity contribution in [1.82, 2.24) is 0 Å². The lowest BCUT2D eigenvalue weighted by atomic mass is 10.00. The predicted molar refractivity (Wildman–Crippen MR) is 345 cm³/mol. The van der Waals surface area contributed by atoms with E-state index in [0.29, 0.717) is 0 Å². The minimum atomic E-state index is 0.885. The van der Waals surface area contributed by atoms with E-state index in [2.05, 4.69) is 336 Å². The number of anilines is 9. The molecule has 82 heavy (non-hydrogen) atoms. The van der Waals surface area contributed by atoms with Gasteiger partial charge in [0.2, 0.25) is 0 Å². The topological polar surface area (TPSA) is 22.9 Å². The van der Waals surface area contributed by atoms with Crippen LogP contribution in [0.3, 0.4) is 0 Å². The van der Waals surface area contributed by atoms with Crippen LogP contribution in [0.2, 0.25) is 0 Å². The second-order valence-corrected chi connectivity index (χ2v) is 20.5. The summed E-state index contributed by atoms with van der Waals surface area (Å²) in [5.41, 5.74) is 22.5. The Hall–Kier alpha value is -10.9. The number of hydrogen-bond acceptors (Lipinski definition) is 4. The summed E-state index contributed by atoms with van der Waals surface area (Å²) >= 11 is 0. The van der Waals surface area contributed by atoms with Gasteiger partial charge >= 0.3 is 0 Å². The maximum Gasteiger partial charge on any atom is 0.143 e. The van der Waals surface area contributed by atoms with E-state index in [1.807, 2.05) is 12.1 Å². The van der Waals surface area contributed by atoms with E-state index in [1.165, 1.54) is 22.3 Å². The number of para-hydroxylation sites is 5. The summed E-state index contributed by atoms with van der Waals surface area (Å²) in [4.78, 5) is 7.12. The summed E-state index contributed by atoms with van der Waals surface area (Å²) in [7, 11) is 0. The first-order chi connectivity index (χ1) is 40.6. The van der Waals surface area contributed by atoms with Crippen molar-refractivity contribution in [3.8, 4) is 55.6 Å². The van der Waals surface area contributed by atoms with Gasteiger partial charge < -0.3 is 19.1 Å². The predicted octanol–water partition coefficient (Wildman–Crippen LogP) is 22.3. The van der Waals surface area contributed by atoms with Crippen LogP contribution in [-0.4, -0.2) is 0 Å². The molecule has 14 aromatic rings. The Kier molecular flexibility index (Phi) is 13.3. The molecular weight excluding hydrogens is 995 g/mol. The Morgan fingerprint density at radius 1 is 0.183 bits per heavy atom. The largest absolute Gasteiger partial charge is 0.455 e. The summed E-state index contributed by atoms with van der Waals surface area (Å²) in [5.74, 6) is 0. The Bertz CT molecular complexity index is 4250. The van der Waals surface area contributed by atoms with Crippen LogP contribution in [-0.2, 0) is 0 Å². The molecular formula is C78H55N3O. The number of nitrogens with zero attached hydrogens (tertiary/aromatic N) is 3. The minimum Gasteiger partial charge on any atom is -0.455 e. The van der Waals surface area contributed by atoms with Crippen molar-refractivity contribution in [2.45, 2.75) is 0 Å². The molecule has 0 unspecified atom stereocenters. The standard InChI is InChI=1S/C78H55N3O/c1-6-19-56(20-7-1)58-33-37-60(38-34-58)62-41-47-68(48-42-62)79(65-23-10-3-11-24-65)71-53-72(80(66-25-12-4-13-26-66)69-49-43-63(44-50-69)61-39-35-59(36-40-61)57-21-8-2-9-22-57)55-73(54-71)81(67-27-14-5-15-28-67)70-51-45-64(46-52-70)74-30-18-31-76-75-29-16-17-32-77(75)82-78(74)76/h1-55H. The van der Waals surface area contributed by atoms with Gasteiger partial charge in [0.25, 0.3) is 0 Å². The molecule has 0 aliphatic heterocycles. The van der Waals surface area contributed by atoms with Crippen molar-refractivity contribution in [2.75, 3.05) is 14.7 Å². The maximum atomic E-state index is 6.55. The normalized spacial score (nSPS) is 11.2.